The molecular weight excluding hydrogens is 612 g/mol. The lowest BCUT2D eigenvalue weighted by atomic mass is 9.92. The first-order valence-electron chi connectivity index (χ1n) is 13.6. The van der Waals surface area contributed by atoms with Gasteiger partial charge in [-0.05, 0) is 62.2 Å². The van der Waals surface area contributed by atoms with Gasteiger partial charge in [0.2, 0.25) is 0 Å². The van der Waals surface area contributed by atoms with Gasteiger partial charge in [-0.3, -0.25) is 4.90 Å². The zero-order chi connectivity index (χ0) is 28.4. The van der Waals surface area contributed by atoms with Gasteiger partial charge in [0.1, 0.15) is 35.3 Å². The molecule has 0 aliphatic carbocycles. The quantitative estimate of drug-likeness (QED) is 0.432. The highest BCUT2D eigenvalue weighted by molar-refractivity contribution is 9.10. The minimum Gasteiger partial charge on any atom is -0.461 e. The summed E-state index contributed by atoms with van der Waals surface area (Å²) >= 11 is 9.57. The molecule has 1 aromatic heterocycles. The summed E-state index contributed by atoms with van der Waals surface area (Å²) in [6, 6.07) is 1.67. The van der Waals surface area contributed by atoms with Crippen molar-refractivity contribution in [3.05, 3.63) is 21.4 Å². The Morgan fingerprint density at radius 3 is 2.80 bits per heavy atom. The van der Waals surface area contributed by atoms with Crippen molar-refractivity contribution in [2.75, 3.05) is 57.4 Å². The fraction of sp³-hybridized carbons (Fsp3) is 0.667. The van der Waals surface area contributed by atoms with Crippen molar-refractivity contribution < 1.29 is 27.8 Å². The highest BCUT2D eigenvalue weighted by Gasteiger charge is 2.51. The van der Waals surface area contributed by atoms with Crippen LogP contribution in [0.5, 0.6) is 6.01 Å². The fourth-order valence-corrected chi connectivity index (χ4v) is 6.91. The van der Waals surface area contributed by atoms with Crippen LogP contribution < -0.4 is 9.64 Å². The average Bonchev–Trinajstić information content (AvgIpc) is 3.39. The third-order valence-electron chi connectivity index (χ3n) is 8.17. The van der Waals surface area contributed by atoms with Crippen LogP contribution in [0.4, 0.5) is 19.4 Å². The number of benzene rings is 1. The maximum atomic E-state index is 15.5. The van der Waals surface area contributed by atoms with Crippen LogP contribution >= 0.6 is 27.5 Å². The summed E-state index contributed by atoms with van der Waals surface area (Å²) in [5.41, 5.74) is -1.51. The Bertz CT molecular complexity index is 1340. The number of rotatable bonds is 4. The summed E-state index contributed by atoms with van der Waals surface area (Å²) in [5.74, 6) is -0.133. The van der Waals surface area contributed by atoms with Crippen LogP contribution in [0.25, 0.3) is 10.9 Å². The van der Waals surface area contributed by atoms with Crippen LogP contribution in [-0.4, -0.2) is 101 Å². The van der Waals surface area contributed by atoms with E-state index in [1.54, 1.807) is 11.0 Å². The van der Waals surface area contributed by atoms with E-state index < -0.39 is 28.7 Å². The molecule has 40 heavy (non-hydrogen) atoms. The molecule has 6 rings (SSSR count). The van der Waals surface area contributed by atoms with E-state index in [1.165, 1.54) is 0 Å². The molecule has 13 heteroatoms. The molecule has 2 aromatic rings. The van der Waals surface area contributed by atoms with E-state index in [-0.39, 0.29) is 33.7 Å². The zero-order valence-electron chi connectivity index (χ0n) is 22.8. The molecule has 0 unspecified atom stereocenters. The predicted molar refractivity (Wildman–Crippen MR) is 149 cm³/mol. The number of morpholine rings is 1. The Balaban J connectivity index is 1.28. The SMILES string of the molecule is CC(C)(C)OC(=O)N1CC2(C1)CN(c1nc(OC[C@@]34CCCN3C[C@H](F)C4)nc3c(F)c(Br)c(Cl)cc13)CCO2. The van der Waals surface area contributed by atoms with Crippen molar-refractivity contribution in [3.8, 4) is 6.01 Å². The largest absolute Gasteiger partial charge is 0.461 e. The van der Waals surface area contributed by atoms with E-state index >= 15 is 4.39 Å². The van der Waals surface area contributed by atoms with Crippen molar-refractivity contribution in [1.82, 2.24) is 19.8 Å². The smallest absolute Gasteiger partial charge is 0.410 e. The molecule has 1 spiro atoms. The van der Waals surface area contributed by atoms with Gasteiger partial charge in [0.25, 0.3) is 0 Å². The molecule has 4 aliphatic rings. The summed E-state index contributed by atoms with van der Waals surface area (Å²) < 4.78 is 47.6. The van der Waals surface area contributed by atoms with E-state index in [0.717, 1.165) is 19.4 Å². The lowest BCUT2D eigenvalue weighted by molar-refractivity contribution is -0.144. The molecule has 9 nitrogen and oxygen atoms in total. The summed E-state index contributed by atoms with van der Waals surface area (Å²) in [5, 5.41) is 0.649. The van der Waals surface area contributed by atoms with E-state index in [4.69, 9.17) is 30.8 Å². The molecule has 4 fully saturated rings. The van der Waals surface area contributed by atoms with Gasteiger partial charge in [-0.15, -0.1) is 0 Å². The number of fused-ring (bicyclic) bond motifs is 2. The van der Waals surface area contributed by atoms with Crippen LogP contribution in [-0.2, 0) is 9.47 Å². The Morgan fingerprint density at radius 1 is 1.27 bits per heavy atom. The molecule has 0 bridgehead atoms. The van der Waals surface area contributed by atoms with Gasteiger partial charge in [-0.25, -0.2) is 13.6 Å². The van der Waals surface area contributed by atoms with E-state index in [0.29, 0.717) is 57.0 Å². The molecule has 4 aliphatic heterocycles. The van der Waals surface area contributed by atoms with Gasteiger partial charge in [0.15, 0.2) is 5.82 Å². The fourth-order valence-electron chi connectivity index (χ4n) is 6.41. The highest BCUT2D eigenvalue weighted by Crippen LogP contribution is 2.42. The number of ether oxygens (including phenoxy) is 3. The summed E-state index contributed by atoms with van der Waals surface area (Å²) in [4.78, 5) is 27.5. The highest BCUT2D eigenvalue weighted by atomic mass is 79.9. The minimum absolute atomic E-state index is 0.0312. The number of amides is 1. The maximum absolute atomic E-state index is 15.5. The number of carbonyl (C=O) groups is 1. The van der Waals surface area contributed by atoms with Crippen molar-refractivity contribution in [2.24, 2.45) is 0 Å². The molecule has 1 aromatic carbocycles. The normalized spacial score (nSPS) is 26.3. The molecule has 4 saturated heterocycles. The molecule has 0 saturated carbocycles. The Labute approximate surface area is 245 Å². The lowest BCUT2D eigenvalue weighted by Gasteiger charge is -2.53. The van der Waals surface area contributed by atoms with E-state index in [1.807, 2.05) is 25.7 Å². The Morgan fingerprint density at radius 2 is 2.05 bits per heavy atom. The topological polar surface area (TPSA) is 80.3 Å². The number of carbonyl (C=O) groups excluding carboxylic acids is 1. The second kappa shape index (κ2) is 10.1. The van der Waals surface area contributed by atoms with Crippen LogP contribution in [0, 0.1) is 5.82 Å². The van der Waals surface area contributed by atoms with Crippen molar-refractivity contribution in [2.45, 2.75) is 62.9 Å². The number of hydrogen-bond donors (Lipinski definition) is 0. The van der Waals surface area contributed by atoms with Crippen LogP contribution in [0.3, 0.4) is 0 Å². The number of halogens is 4. The molecule has 2 atom stereocenters. The second-order valence-corrected chi connectivity index (χ2v) is 13.6. The van der Waals surface area contributed by atoms with E-state index in [2.05, 4.69) is 25.8 Å². The minimum atomic E-state index is -0.889. The predicted octanol–water partition coefficient (Wildman–Crippen LogP) is 4.97. The maximum Gasteiger partial charge on any atom is 0.410 e. The van der Waals surface area contributed by atoms with Gasteiger partial charge >= 0.3 is 12.1 Å². The van der Waals surface area contributed by atoms with Crippen molar-refractivity contribution in [1.29, 1.82) is 0 Å². The Kier molecular flexibility index (Phi) is 7.07. The number of alkyl halides is 1. The first-order valence-corrected chi connectivity index (χ1v) is 14.8. The number of aromatic nitrogens is 2. The Hall–Kier alpha value is -2.02. The van der Waals surface area contributed by atoms with Gasteiger partial charge < -0.3 is 24.0 Å². The second-order valence-electron chi connectivity index (χ2n) is 12.4. The monoisotopic (exact) mass is 643 g/mol. The zero-order valence-corrected chi connectivity index (χ0v) is 25.2. The summed E-state index contributed by atoms with van der Waals surface area (Å²) in [6.45, 7) is 9.01. The van der Waals surface area contributed by atoms with Gasteiger partial charge in [0.05, 0.1) is 41.3 Å². The molecule has 1 amide bonds. The molecular formula is C27H33BrClF2N5O4. The summed E-state index contributed by atoms with van der Waals surface area (Å²) in [7, 11) is 0. The molecule has 218 valence electrons. The number of nitrogens with zero attached hydrogens (tertiary/aromatic N) is 5. The van der Waals surface area contributed by atoms with E-state index in [9.17, 15) is 9.18 Å². The van der Waals surface area contributed by atoms with Gasteiger partial charge in [0, 0.05) is 24.9 Å². The van der Waals surface area contributed by atoms with Crippen LogP contribution in [0.2, 0.25) is 5.02 Å². The standard InChI is InChI=1S/C27H33BrClF2N5O4/c1-25(2,3)40-24(37)35-13-27(14-35)12-34(7-8-39-27)22-17-9-18(29)19(28)20(31)21(17)32-23(33-22)38-15-26-5-4-6-36(26)11-16(30)10-26/h9,16H,4-8,10-15H2,1-3H3/t16-,26+/m1/s1. The van der Waals surface area contributed by atoms with Crippen LogP contribution in [0.15, 0.2) is 10.5 Å². The molecule has 0 N–H and O–H groups in total. The van der Waals surface area contributed by atoms with Gasteiger partial charge in [-0.1, -0.05) is 11.6 Å². The van der Waals surface area contributed by atoms with Crippen LogP contribution in [0.1, 0.15) is 40.0 Å². The summed E-state index contributed by atoms with van der Waals surface area (Å²) in [6.07, 6.45) is 0.950. The first kappa shape index (κ1) is 28.1. The van der Waals surface area contributed by atoms with Crippen molar-refractivity contribution >= 4 is 50.3 Å². The van der Waals surface area contributed by atoms with Crippen molar-refractivity contribution in [3.63, 3.8) is 0 Å². The third-order valence-corrected chi connectivity index (χ3v) is 9.48. The molecule has 0 radical (unpaired) electrons. The third kappa shape index (κ3) is 5.09. The average molecular weight is 645 g/mol. The first-order chi connectivity index (χ1) is 18.9. The number of hydrogen-bond acceptors (Lipinski definition) is 8. The lowest BCUT2D eigenvalue weighted by Crippen LogP contribution is -2.71. The molecule has 5 heterocycles. The van der Waals surface area contributed by atoms with Gasteiger partial charge in [-0.2, -0.15) is 9.97 Å². The number of anilines is 1. The number of likely N-dealkylation sites (tertiary alicyclic amines) is 1.